The van der Waals surface area contributed by atoms with Gasteiger partial charge in [-0.15, -0.1) is 11.3 Å². The molecule has 0 saturated carbocycles. The van der Waals surface area contributed by atoms with E-state index in [1.807, 2.05) is 12.1 Å². The quantitative estimate of drug-likeness (QED) is 0.192. The molecule has 2 atom stereocenters. The first-order chi connectivity index (χ1) is 19.9. The van der Waals surface area contributed by atoms with E-state index in [9.17, 15) is 18.8 Å². The summed E-state index contributed by atoms with van der Waals surface area (Å²) < 4.78 is 34.0. The highest BCUT2D eigenvalue weighted by Gasteiger charge is 2.27. The highest BCUT2D eigenvalue weighted by atomic mass is 32.2. The van der Waals surface area contributed by atoms with E-state index in [0.717, 1.165) is 12.7 Å². The Bertz CT molecular complexity index is 1650. The number of rotatable bonds is 13. The molecule has 42 heavy (non-hydrogen) atoms. The molecule has 0 bridgehead atoms. The minimum atomic E-state index is -3.73. The first-order valence-corrected chi connectivity index (χ1v) is 16.3. The third kappa shape index (κ3) is 7.77. The second-order valence-corrected chi connectivity index (χ2v) is 13.9. The first-order valence-electron chi connectivity index (χ1n) is 13.6. The molecule has 4 aromatic rings. The van der Waals surface area contributed by atoms with Crippen molar-refractivity contribution in [3.63, 3.8) is 0 Å². The number of benzene rings is 2. The van der Waals surface area contributed by atoms with Gasteiger partial charge in [-0.3, -0.25) is 4.31 Å². The van der Waals surface area contributed by atoms with Gasteiger partial charge in [0.05, 0.1) is 29.2 Å². The molecule has 9 nitrogen and oxygen atoms in total. The van der Waals surface area contributed by atoms with Gasteiger partial charge in [0, 0.05) is 28.7 Å². The molecule has 0 aliphatic heterocycles. The van der Waals surface area contributed by atoms with Gasteiger partial charge < -0.3 is 20.5 Å². The first kappa shape index (κ1) is 31.3. The van der Waals surface area contributed by atoms with Crippen LogP contribution in [0.2, 0.25) is 0 Å². The molecule has 0 amide bonds. The van der Waals surface area contributed by atoms with Crippen LogP contribution < -0.4 is 19.7 Å². The maximum Gasteiger partial charge on any atom is 0.232 e. The third-order valence-electron chi connectivity index (χ3n) is 6.84. The van der Waals surface area contributed by atoms with Crippen LogP contribution in [0.3, 0.4) is 0 Å². The zero-order valence-electron chi connectivity index (χ0n) is 24.5. The number of anilines is 2. The molecule has 1 unspecified atom stereocenters. The van der Waals surface area contributed by atoms with Crippen LogP contribution in [0.15, 0.2) is 66.7 Å². The highest BCUT2D eigenvalue weighted by Crippen LogP contribution is 2.33. The number of nitrogens with one attached hydrogen (secondary N) is 2. The molecular formula is C31H37N5O4S2. The molecule has 11 heteroatoms. The van der Waals surface area contributed by atoms with Gasteiger partial charge in [-0.05, 0) is 75.0 Å². The average molecular weight is 608 g/mol. The fourth-order valence-corrected chi connectivity index (χ4v) is 7.25. The summed E-state index contributed by atoms with van der Waals surface area (Å²) in [5.74, 6) is 0.882. The van der Waals surface area contributed by atoms with Crippen molar-refractivity contribution >= 4 is 43.0 Å². The van der Waals surface area contributed by atoms with Gasteiger partial charge in [0.15, 0.2) is 0 Å². The zero-order chi connectivity index (χ0) is 30.5. The minimum Gasteiger partial charge on any atom is -0.489 e. The molecule has 2 heterocycles. The third-order valence-corrected chi connectivity index (χ3v) is 9.20. The largest absolute Gasteiger partial charge is 0.489 e. The van der Waals surface area contributed by atoms with Gasteiger partial charge in [-0.1, -0.05) is 24.3 Å². The molecule has 0 aliphatic rings. The van der Waals surface area contributed by atoms with Crippen LogP contribution in [0.25, 0.3) is 10.1 Å². The smallest absolute Gasteiger partial charge is 0.232 e. The number of nitriles is 1. The summed E-state index contributed by atoms with van der Waals surface area (Å²) in [4.78, 5) is 5.75. The molecule has 0 fully saturated rings. The van der Waals surface area contributed by atoms with E-state index in [2.05, 4.69) is 53.7 Å². The number of hydrogen-bond acceptors (Lipinski definition) is 9. The van der Waals surface area contributed by atoms with Crippen molar-refractivity contribution in [1.29, 1.82) is 5.26 Å². The fraction of sp³-hybridized carbons (Fsp3) is 0.355. The number of β-amino-alcohol motifs (C(OH)–C–C–N with tert-alkyl or cyclic N) is 1. The Kier molecular flexibility index (Phi) is 9.74. The predicted molar refractivity (Wildman–Crippen MR) is 170 cm³/mol. The standard InChI is InChI=1S/C31H37N5O4S2/c1-21(27-10-8-12-30(33-4)35-27)36(42(5,38)39)24-13-14-28(23(15-24)18-32)40-20-25(37)19-34-31(2,3)17-26-16-22-9-6-7-11-29(22)41-26/h6-16,21,25,34,37H,17,19-20H2,1-5H3,(H,33,35)/t21?,25-/m1/s1. The van der Waals surface area contributed by atoms with Crippen LogP contribution in [0, 0.1) is 11.3 Å². The molecule has 0 spiro atoms. The van der Waals surface area contributed by atoms with Crippen molar-refractivity contribution in [2.75, 3.05) is 36.1 Å². The van der Waals surface area contributed by atoms with Crippen molar-refractivity contribution in [1.82, 2.24) is 10.3 Å². The maximum absolute atomic E-state index is 12.8. The second kappa shape index (κ2) is 13.1. The lowest BCUT2D eigenvalue weighted by Gasteiger charge is -2.29. The summed E-state index contributed by atoms with van der Waals surface area (Å²) in [5, 5.41) is 28.1. The number of nitrogens with zero attached hydrogens (tertiary/aromatic N) is 3. The Labute approximate surface area is 251 Å². The van der Waals surface area contributed by atoms with E-state index in [4.69, 9.17) is 4.74 Å². The van der Waals surface area contributed by atoms with E-state index in [0.29, 0.717) is 23.7 Å². The van der Waals surface area contributed by atoms with Crippen LogP contribution in [0.4, 0.5) is 11.5 Å². The van der Waals surface area contributed by atoms with E-state index in [-0.39, 0.29) is 23.5 Å². The number of ether oxygens (including phenoxy) is 1. The molecule has 222 valence electrons. The Balaban J connectivity index is 1.40. The van der Waals surface area contributed by atoms with Crippen molar-refractivity contribution in [2.24, 2.45) is 0 Å². The number of thiophene rings is 1. The Morgan fingerprint density at radius 3 is 2.60 bits per heavy atom. The highest BCUT2D eigenvalue weighted by molar-refractivity contribution is 7.92. The van der Waals surface area contributed by atoms with E-state index >= 15 is 0 Å². The number of hydrogen-bond donors (Lipinski definition) is 3. The van der Waals surface area contributed by atoms with E-state index < -0.39 is 22.2 Å². The number of pyridine rings is 1. The SMILES string of the molecule is CNc1cccc(C(C)N(c2ccc(OC[C@H](O)CNC(C)(C)Cc3cc4ccccc4s3)c(C#N)c2)S(C)(=O)=O)n1. The maximum atomic E-state index is 12.8. The van der Waals surface area contributed by atoms with Gasteiger partial charge in [-0.2, -0.15) is 5.26 Å². The van der Waals surface area contributed by atoms with Gasteiger partial charge >= 0.3 is 0 Å². The van der Waals surface area contributed by atoms with Gasteiger partial charge in [0.1, 0.15) is 30.3 Å². The number of sulfonamides is 1. The normalized spacial score (nSPS) is 13.4. The fourth-order valence-electron chi connectivity index (χ4n) is 4.78. The van der Waals surface area contributed by atoms with Crippen LogP contribution in [0.5, 0.6) is 5.75 Å². The number of fused-ring (bicyclic) bond motifs is 1. The number of aromatic nitrogens is 1. The Morgan fingerprint density at radius 2 is 1.90 bits per heavy atom. The second-order valence-electron chi connectivity index (χ2n) is 10.9. The molecule has 3 N–H and O–H groups in total. The van der Waals surface area contributed by atoms with E-state index in [1.165, 1.54) is 25.3 Å². The topological polar surface area (TPSA) is 128 Å². The summed E-state index contributed by atoms with van der Waals surface area (Å²) >= 11 is 1.77. The monoisotopic (exact) mass is 607 g/mol. The molecule has 2 aromatic heterocycles. The Hall–Kier alpha value is -3.69. The number of aliphatic hydroxyl groups excluding tert-OH is 1. The van der Waals surface area contributed by atoms with Crippen LogP contribution in [-0.2, 0) is 16.4 Å². The molecule has 0 radical (unpaired) electrons. The lowest BCUT2D eigenvalue weighted by atomic mass is 9.99. The van der Waals surface area contributed by atoms with Gasteiger partial charge in [0.2, 0.25) is 10.0 Å². The lowest BCUT2D eigenvalue weighted by Crippen LogP contribution is -2.46. The average Bonchev–Trinajstić information content (AvgIpc) is 3.36. The molecule has 2 aromatic carbocycles. The number of aliphatic hydroxyl groups is 1. The summed E-state index contributed by atoms with van der Waals surface area (Å²) in [6.07, 6.45) is 1.10. The molecular weight excluding hydrogens is 571 g/mol. The summed E-state index contributed by atoms with van der Waals surface area (Å²) in [7, 11) is -1.99. The van der Waals surface area contributed by atoms with Crippen molar-refractivity contribution < 1.29 is 18.3 Å². The molecule has 0 saturated heterocycles. The van der Waals surface area contributed by atoms with Gasteiger partial charge in [0.25, 0.3) is 0 Å². The molecule has 4 rings (SSSR count). The molecule has 0 aliphatic carbocycles. The predicted octanol–water partition coefficient (Wildman–Crippen LogP) is 5.09. The van der Waals surface area contributed by atoms with Gasteiger partial charge in [-0.25, -0.2) is 13.4 Å². The minimum absolute atomic E-state index is 0.0348. The summed E-state index contributed by atoms with van der Waals surface area (Å²) in [5.41, 5.74) is 0.776. The van der Waals surface area contributed by atoms with Crippen molar-refractivity contribution in [3.8, 4) is 11.8 Å². The van der Waals surface area contributed by atoms with E-state index in [1.54, 1.807) is 55.6 Å². The Morgan fingerprint density at radius 1 is 1.14 bits per heavy atom. The van der Waals surface area contributed by atoms with Crippen molar-refractivity contribution in [3.05, 3.63) is 82.9 Å². The summed E-state index contributed by atoms with van der Waals surface area (Å²) in [6.45, 7) is 6.20. The van der Waals surface area contributed by atoms with Crippen LogP contribution in [-0.4, -0.2) is 56.6 Å². The van der Waals surface area contributed by atoms with Crippen LogP contribution >= 0.6 is 11.3 Å². The summed E-state index contributed by atoms with van der Waals surface area (Å²) in [6, 6.07) is 21.9. The van der Waals surface area contributed by atoms with Crippen LogP contribution in [0.1, 0.15) is 42.9 Å². The lowest BCUT2D eigenvalue weighted by molar-refractivity contribution is 0.0987. The zero-order valence-corrected chi connectivity index (χ0v) is 26.1. The van der Waals surface area contributed by atoms with Crippen molar-refractivity contribution in [2.45, 2.75) is 44.9 Å².